The van der Waals surface area contributed by atoms with Crippen LogP contribution < -0.4 is 15.6 Å². The second-order valence-electron chi connectivity index (χ2n) is 8.40. The zero-order valence-electron chi connectivity index (χ0n) is 18.8. The first-order chi connectivity index (χ1) is 16.2. The van der Waals surface area contributed by atoms with Gasteiger partial charge in [-0.1, -0.05) is 0 Å². The summed E-state index contributed by atoms with van der Waals surface area (Å²) in [6, 6.07) is 7.00. The number of halogens is 1. The van der Waals surface area contributed by atoms with Crippen molar-refractivity contribution in [3.8, 4) is 11.1 Å². The molecule has 0 radical (unpaired) electrons. The van der Waals surface area contributed by atoms with E-state index >= 15 is 0 Å². The number of carbonyl (C=O) groups is 1. The van der Waals surface area contributed by atoms with E-state index in [9.17, 15) is 22.4 Å². The molecule has 0 fully saturated rings. The van der Waals surface area contributed by atoms with Gasteiger partial charge in [-0.05, 0) is 74.1 Å². The van der Waals surface area contributed by atoms with Crippen LogP contribution in [-0.2, 0) is 27.7 Å². The predicted octanol–water partition coefficient (Wildman–Crippen LogP) is 3.04. The van der Waals surface area contributed by atoms with Crippen LogP contribution in [0, 0.1) is 5.82 Å². The van der Waals surface area contributed by atoms with E-state index in [4.69, 9.17) is 0 Å². The normalized spacial score (nSPS) is 13.2. The highest BCUT2D eigenvalue weighted by Crippen LogP contribution is 2.39. The van der Waals surface area contributed by atoms with E-state index in [2.05, 4.69) is 15.0 Å². The number of sulfonamides is 1. The molecule has 4 rings (SSSR count). The molecule has 2 N–H and O–H groups in total. The molecule has 0 aliphatic heterocycles. The molecular weight excluding hydrogens is 459 g/mol. The Bertz CT molecular complexity index is 1400. The van der Waals surface area contributed by atoms with Crippen molar-refractivity contribution in [2.45, 2.75) is 44.0 Å². The van der Waals surface area contributed by atoms with Gasteiger partial charge < -0.3 is 9.88 Å². The van der Waals surface area contributed by atoms with Crippen molar-refractivity contribution < 1.29 is 17.6 Å². The van der Waals surface area contributed by atoms with Crippen LogP contribution in [0.25, 0.3) is 11.1 Å². The van der Waals surface area contributed by atoms with E-state index < -0.39 is 22.5 Å². The van der Waals surface area contributed by atoms with Gasteiger partial charge in [0.2, 0.25) is 15.9 Å². The maximum absolute atomic E-state index is 14.7. The number of anilines is 1. The molecule has 0 spiro atoms. The second-order valence-corrected chi connectivity index (χ2v) is 10.2. The highest BCUT2D eigenvalue weighted by molar-refractivity contribution is 7.89. The fourth-order valence-electron chi connectivity index (χ4n) is 4.11. The summed E-state index contributed by atoms with van der Waals surface area (Å²) < 4.78 is 43.8. The molecule has 8 nitrogen and oxygen atoms in total. The maximum Gasteiger partial charge on any atom is 0.250 e. The van der Waals surface area contributed by atoms with Gasteiger partial charge >= 0.3 is 0 Å². The molecule has 0 bridgehead atoms. The highest BCUT2D eigenvalue weighted by atomic mass is 32.2. The minimum absolute atomic E-state index is 0.117. The van der Waals surface area contributed by atoms with Gasteiger partial charge in [-0.15, -0.1) is 0 Å². The number of nitrogens with zero attached hydrogens (tertiary/aromatic N) is 2. The summed E-state index contributed by atoms with van der Waals surface area (Å²) in [4.78, 5) is 28.6. The van der Waals surface area contributed by atoms with Crippen LogP contribution in [0.5, 0.6) is 0 Å². The standard InChI is InChI=1S/C24H25FN4O4S/c1-15(2)29-14-17(6-7-23(29)31)34(32,33)27-13-22(30)28-24-19-5-3-4-18(19)21(25)12-20(24)16-8-10-26-11-9-16/h6-12,14-15,27H,3-5,13H2,1-2H3,(H,28,30). The number of pyridine rings is 2. The second kappa shape index (κ2) is 9.47. The average molecular weight is 485 g/mol. The summed E-state index contributed by atoms with van der Waals surface area (Å²) in [5.74, 6) is -0.907. The number of aromatic nitrogens is 2. The van der Waals surface area contributed by atoms with E-state index in [0.717, 1.165) is 12.0 Å². The van der Waals surface area contributed by atoms with E-state index in [1.807, 2.05) is 0 Å². The van der Waals surface area contributed by atoms with Gasteiger partial charge in [0.1, 0.15) is 5.82 Å². The van der Waals surface area contributed by atoms with Crippen molar-refractivity contribution >= 4 is 21.6 Å². The van der Waals surface area contributed by atoms with E-state index in [-0.39, 0.29) is 22.3 Å². The lowest BCUT2D eigenvalue weighted by Gasteiger charge is -2.17. The third-order valence-corrected chi connectivity index (χ3v) is 7.19. The Hall–Kier alpha value is -3.37. The van der Waals surface area contributed by atoms with Crippen LogP contribution >= 0.6 is 0 Å². The molecule has 3 aromatic rings. The quantitative estimate of drug-likeness (QED) is 0.536. The molecule has 34 heavy (non-hydrogen) atoms. The van der Waals surface area contributed by atoms with Gasteiger partial charge in [0.15, 0.2) is 0 Å². The molecule has 0 unspecified atom stereocenters. The zero-order chi connectivity index (χ0) is 24.5. The lowest BCUT2D eigenvalue weighted by Crippen LogP contribution is -2.34. The number of rotatable bonds is 7. The van der Waals surface area contributed by atoms with E-state index in [1.54, 1.807) is 38.4 Å². The van der Waals surface area contributed by atoms with Crippen molar-refractivity contribution in [2.75, 3.05) is 11.9 Å². The number of hydrogen-bond donors (Lipinski definition) is 2. The van der Waals surface area contributed by atoms with Gasteiger partial charge in [0, 0.05) is 36.3 Å². The van der Waals surface area contributed by atoms with Crippen molar-refractivity contribution in [3.63, 3.8) is 0 Å². The lowest BCUT2D eigenvalue weighted by molar-refractivity contribution is -0.115. The largest absolute Gasteiger partial charge is 0.324 e. The predicted molar refractivity (Wildman–Crippen MR) is 127 cm³/mol. The summed E-state index contributed by atoms with van der Waals surface area (Å²) in [7, 11) is -4.04. The SMILES string of the molecule is CC(C)n1cc(S(=O)(=O)NCC(=O)Nc2c(-c3ccncc3)cc(F)c3c2CCC3)ccc1=O. The van der Waals surface area contributed by atoms with Gasteiger partial charge in [0.05, 0.1) is 17.1 Å². The summed E-state index contributed by atoms with van der Waals surface area (Å²) in [5, 5.41) is 2.79. The number of fused-ring (bicyclic) bond motifs is 1. The monoisotopic (exact) mass is 484 g/mol. The molecule has 10 heteroatoms. The summed E-state index contributed by atoms with van der Waals surface area (Å²) >= 11 is 0. The van der Waals surface area contributed by atoms with E-state index in [0.29, 0.717) is 35.2 Å². The van der Waals surface area contributed by atoms with Crippen molar-refractivity contribution in [2.24, 2.45) is 0 Å². The van der Waals surface area contributed by atoms with Crippen LogP contribution in [-0.4, -0.2) is 30.4 Å². The van der Waals surface area contributed by atoms with Gasteiger partial charge in [-0.25, -0.2) is 17.5 Å². The summed E-state index contributed by atoms with van der Waals surface area (Å²) in [6.45, 7) is 3.01. The molecule has 1 aromatic carbocycles. The molecule has 0 saturated heterocycles. The van der Waals surface area contributed by atoms with E-state index in [1.165, 1.54) is 29.0 Å². The first kappa shape index (κ1) is 23.8. The Labute approximate surface area is 196 Å². The molecule has 1 aliphatic rings. The fourth-order valence-corrected chi connectivity index (χ4v) is 5.09. The number of carbonyl (C=O) groups excluding carboxylic acids is 1. The molecular formula is C24H25FN4O4S. The third-order valence-electron chi connectivity index (χ3n) is 5.80. The Morgan fingerprint density at radius 1 is 1.15 bits per heavy atom. The number of nitrogens with one attached hydrogen (secondary N) is 2. The van der Waals surface area contributed by atoms with Gasteiger partial charge in [-0.3, -0.25) is 14.6 Å². The Morgan fingerprint density at radius 2 is 1.85 bits per heavy atom. The van der Waals surface area contributed by atoms with Crippen molar-refractivity contribution in [1.82, 2.24) is 14.3 Å². The number of amides is 1. The van der Waals surface area contributed by atoms with Crippen LogP contribution in [0.15, 0.2) is 58.6 Å². The van der Waals surface area contributed by atoms with Crippen LogP contribution in [0.2, 0.25) is 0 Å². The Kier molecular flexibility index (Phi) is 6.63. The van der Waals surface area contributed by atoms with Crippen LogP contribution in [0.1, 0.15) is 37.4 Å². The van der Waals surface area contributed by atoms with Crippen LogP contribution in [0.3, 0.4) is 0 Å². The molecule has 0 atom stereocenters. The average Bonchev–Trinajstić information content (AvgIpc) is 3.31. The number of hydrogen-bond acceptors (Lipinski definition) is 5. The Morgan fingerprint density at radius 3 is 2.56 bits per heavy atom. The lowest BCUT2D eigenvalue weighted by atomic mass is 9.97. The Balaban J connectivity index is 1.58. The molecule has 1 amide bonds. The fraction of sp³-hybridized carbons (Fsp3) is 0.292. The van der Waals surface area contributed by atoms with Crippen LogP contribution in [0.4, 0.5) is 10.1 Å². The third kappa shape index (κ3) is 4.78. The van der Waals surface area contributed by atoms with Crippen molar-refractivity contribution in [3.05, 3.63) is 76.2 Å². The minimum atomic E-state index is -4.04. The minimum Gasteiger partial charge on any atom is -0.324 e. The number of benzene rings is 1. The molecule has 2 heterocycles. The molecule has 1 aliphatic carbocycles. The summed E-state index contributed by atoms with van der Waals surface area (Å²) in [6.07, 6.45) is 6.38. The van der Waals surface area contributed by atoms with Gasteiger partial charge in [0.25, 0.3) is 5.56 Å². The topological polar surface area (TPSA) is 110 Å². The first-order valence-corrected chi connectivity index (χ1v) is 12.4. The maximum atomic E-state index is 14.7. The zero-order valence-corrected chi connectivity index (χ0v) is 19.7. The first-order valence-electron chi connectivity index (χ1n) is 10.9. The molecule has 0 saturated carbocycles. The smallest absolute Gasteiger partial charge is 0.250 e. The highest BCUT2D eigenvalue weighted by Gasteiger charge is 2.25. The van der Waals surface area contributed by atoms with Gasteiger partial charge in [-0.2, -0.15) is 0 Å². The molecule has 2 aromatic heterocycles. The molecule has 178 valence electrons. The summed E-state index contributed by atoms with van der Waals surface area (Å²) in [5.41, 5.74) is 2.67. The van der Waals surface area contributed by atoms with Crippen molar-refractivity contribution in [1.29, 1.82) is 0 Å².